The van der Waals surface area contributed by atoms with Gasteiger partial charge in [-0.05, 0) is 31.2 Å². The lowest BCUT2D eigenvalue weighted by Crippen LogP contribution is -2.15. The zero-order valence-electron chi connectivity index (χ0n) is 14.5. The molecule has 0 spiro atoms. The van der Waals surface area contributed by atoms with Crippen LogP contribution in [-0.2, 0) is 9.53 Å². The molecule has 0 bridgehead atoms. The molecule has 0 fully saturated rings. The molecule has 0 atom stereocenters. The number of esters is 1. The van der Waals surface area contributed by atoms with E-state index in [1.165, 1.54) is 0 Å². The lowest BCUT2D eigenvalue weighted by molar-refractivity contribution is -0.145. The highest BCUT2D eigenvalue weighted by atomic mass is 16.6. The molecule has 0 amide bonds. The van der Waals surface area contributed by atoms with Gasteiger partial charge in [0, 0.05) is 11.6 Å². The summed E-state index contributed by atoms with van der Waals surface area (Å²) in [6, 6.07) is 12.1. The molecule has 0 saturated carbocycles. The SMILES string of the molecule is CCOC(=O)COc1ccccc1/C=C1\Oc2cc(OC)ccc2C1=O. The standard InChI is InChI=1S/C20H18O6/c1-3-24-19(21)12-25-16-7-5-4-6-13(16)10-18-20(22)15-9-8-14(23-2)11-17(15)26-18/h4-11H,3,12H2,1-2H3/b18-10-. The van der Waals surface area contributed by atoms with Gasteiger partial charge >= 0.3 is 5.97 Å². The largest absolute Gasteiger partial charge is 0.497 e. The Morgan fingerprint density at radius 1 is 1.19 bits per heavy atom. The molecule has 0 aromatic heterocycles. The lowest BCUT2D eigenvalue weighted by atomic mass is 10.1. The van der Waals surface area contributed by atoms with Gasteiger partial charge in [0.2, 0.25) is 5.78 Å². The number of benzene rings is 2. The fraction of sp³-hybridized carbons (Fsp3) is 0.200. The molecule has 26 heavy (non-hydrogen) atoms. The van der Waals surface area contributed by atoms with Crippen LogP contribution in [0.4, 0.5) is 0 Å². The smallest absolute Gasteiger partial charge is 0.344 e. The summed E-state index contributed by atoms with van der Waals surface area (Å²) in [6.07, 6.45) is 1.59. The Kier molecular flexibility index (Phi) is 5.22. The number of hydrogen-bond acceptors (Lipinski definition) is 6. The summed E-state index contributed by atoms with van der Waals surface area (Å²) in [5.41, 5.74) is 1.10. The monoisotopic (exact) mass is 354 g/mol. The molecule has 0 radical (unpaired) electrons. The van der Waals surface area contributed by atoms with Crippen LogP contribution in [0, 0.1) is 0 Å². The number of allylic oxidation sites excluding steroid dienone is 1. The third kappa shape index (κ3) is 3.69. The summed E-state index contributed by atoms with van der Waals surface area (Å²) < 4.78 is 21.2. The van der Waals surface area contributed by atoms with E-state index in [0.29, 0.717) is 28.4 Å². The number of ketones is 1. The maximum Gasteiger partial charge on any atom is 0.344 e. The first-order valence-corrected chi connectivity index (χ1v) is 8.12. The van der Waals surface area contributed by atoms with E-state index in [1.54, 1.807) is 62.6 Å². The van der Waals surface area contributed by atoms with Crippen molar-refractivity contribution in [1.29, 1.82) is 0 Å². The van der Waals surface area contributed by atoms with Crippen LogP contribution in [-0.4, -0.2) is 32.1 Å². The van der Waals surface area contributed by atoms with Crippen molar-refractivity contribution >= 4 is 17.8 Å². The van der Waals surface area contributed by atoms with Gasteiger partial charge in [-0.15, -0.1) is 0 Å². The molecule has 0 saturated heterocycles. The topological polar surface area (TPSA) is 71.1 Å². The molecule has 1 aliphatic heterocycles. The molecule has 134 valence electrons. The van der Waals surface area contributed by atoms with Crippen LogP contribution >= 0.6 is 0 Å². The fourth-order valence-corrected chi connectivity index (χ4v) is 2.51. The second kappa shape index (κ2) is 7.74. The zero-order valence-corrected chi connectivity index (χ0v) is 14.5. The molecule has 1 heterocycles. The summed E-state index contributed by atoms with van der Waals surface area (Å²) >= 11 is 0. The number of para-hydroxylation sites is 1. The Balaban J connectivity index is 1.82. The van der Waals surface area contributed by atoms with Gasteiger partial charge in [0.05, 0.1) is 19.3 Å². The number of hydrogen-bond donors (Lipinski definition) is 0. The van der Waals surface area contributed by atoms with E-state index in [2.05, 4.69) is 0 Å². The Morgan fingerprint density at radius 2 is 2.00 bits per heavy atom. The van der Waals surface area contributed by atoms with Gasteiger partial charge in [0.25, 0.3) is 0 Å². The van der Waals surface area contributed by atoms with Crippen LogP contribution in [0.1, 0.15) is 22.8 Å². The average Bonchev–Trinajstić information content (AvgIpc) is 2.96. The fourth-order valence-electron chi connectivity index (χ4n) is 2.51. The molecule has 2 aromatic rings. The predicted octanol–water partition coefficient (Wildman–Crippen LogP) is 3.25. The molecular formula is C20H18O6. The number of rotatable bonds is 6. The third-order valence-electron chi connectivity index (χ3n) is 3.73. The number of methoxy groups -OCH3 is 1. The van der Waals surface area contributed by atoms with Gasteiger partial charge in [-0.1, -0.05) is 18.2 Å². The highest BCUT2D eigenvalue weighted by molar-refractivity contribution is 6.14. The quantitative estimate of drug-likeness (QED) is 0.586. The first kappa shape index (κ1) is 17.5. The summed E-state index contributed by atoms with van der Waals surface area (Å²) in [5, 5.41) is 0. The summed E-state index contributed by atoms with van der Waals surface area (Å²) in [5.74, 6) is 1.02. The number of Topliss-reactive ketones (excluding diaryl/α,β-unsaturated/α-hetero) is 1. The third-order valence-corrected chi connectivity index (χ3v) is 3.73. The minimum Gasteiger partial charge on any atom is -0.497 e. The van der Waals surface area contributed by atoms with Crippen molar-refractivity contribution in [3.8, 4) is 17.2 Å². The van der Waals surface area contributed by atoms with Crippen LogP contribution in [0.3, 0.4) is 0 Å². The van der Waals surface area contributed by atoms with Gasteiger partial charge in [0.1, 0.15) is 17.2 Å². The van der Waals surface area contributed by atoms with Crippen LogP contribution in [0.2, 0.25) is 0 Å². The Morgan fingerprint density at radius 3 is 2.77 bits per heavy atom. The molecule has 0 unspecified atom stereocenters. The number of carbonyl (C=O) groups excluding carboxylic acids is 2. The molecule has 6 nitrogen and oxygen atoms in total. The summed E-state index contributed by atoms with van der Waals surface area (Å²) in [7, 11) is 1.55. The van der Waals surface area contributed by atoms with Gasteiger partial charge in [-0.3, -0.25) is 4.79 Å². The van der Waals surface area contributed by atoms with Gasteiger partial charge < -0.3 is 18.9 Å². The van der Waals surface area contributed by atoms with E-state index in [1.807, 2.05) is 0 Å². The van der Waals surface area contributed by atoms with Gasteiger partial charge in [-0.2, -0.15) is 0 Å². The van der Waals surface area contributed by atoms with E-state index in [9.17, 15) is 9.59 Å². The van der Waals surface area contributed by atoms with Crippen molar-refractivity contribution in [3.05, 3.63) is 59.4 Å². The first-order valence-electron chi connectivity index (χ1n) is 8.12. The van der Waals surface area contributed by atoms with Gasteiger partial charge in [0.15, 0.2) is 12.4 Å². The van der Waals surface area contributed by atoms with Crippen molar-refractivity contribution < 1.29 is 28.5 Å². The maximum atomic E-state index is 12.5. The van der Waals surface area contributed by atoms with E-state index in [-0.39, 0.29) is 24.8 Å². The molecule has 1 aliphatic rings. The average molecular weight is 354 g/mol. The van der Waals surface area contributed by atoms with Gasteiger partial charge in [-0.25, -0.2) is 4.79 Å². The Labute approximate surface area is 150 Å². The number of carbonyl (C=O) groups is 2. The maximum absolute atomic E-state index is 12.5. The lowest BCUT2D eigenvalue weighted by Gasteiger charge is -2.09. The van der Waals surface area contributed by atoms with Crippen LogP contribution in [0.15, 0.2) is 48.2 Å². The highest BCUT2D eigenvalue weighted by Crippen LogP contribution is 2.35. The molecular weight excluding hydrogens is 336 g/mol. The van der Waals surface area contributed by atoms with E-state index in [0.717, 1.165) is 0 Å². The van der Waals surface area contributed by atoms with Crippen molar-refractivity contribution in [2.45, 2.75) is 6.92 Å². The van der Waals surface area contributed by atoms with Crippen molar-refractivity contribution in [1.82, 2.24) is 0 Å². The highest BCUT2D eigenvalue weighted by Gasteiger charge is 2.28. The Bertz CT molecular complexity index is 868. The van der Waals surface area contributed by atoms with Crippen molar-refractivity contribution in [3.63, 3.8) is 0 Å². The second-order valence-corrected chi connectivity index (χ2v) is 5.43. The number of fused-ring (bicyclic) bond motifs is 1. The van der Waals surface area contributed by atoms with Crippen molar-refractivity contribution in [2.24, 2.45) is 0 Å². The molecule has 6 heteroatoms. The first-order chi connectivity index (χ1) is 12.6. The molecule has 2 aromatic carbocycles. The summed E-state index contributed by atoms with van der Waals surface area (Å²) in [6.45, 7) is 1.81. The summed E-state index contributed by atoms with van der Waals surface area (Å²) in [4.78, 5) is 24.0. The van der Waals surface area contributed by atoms with Crippen LogP contribution in [0.25, 0.3) is 6.08 Å². The minimum atomic E-state index is -0.456. The van der Waals surface area contributed by atoms with Crippen molar-refractivity contribution in [2.75, 3.05) is 20.3 Å². The van der Waals surface area contributed by atoms with E-state index in [4.69, 9.17) is 18.9 Å². The normalized spacial score (nSPS) is 13.9. The van der Waals surface area contributed by atoms with E-state index >= 15 is 0 Å². The van der Waals surface area contributed by atoms with Crippen LogP contribution in [0.5, 0.6) is 17.2 Å². The molecule has 3 rings (SSSR count). The van der Waals surface area contributed by atoms with Crippen LogP contribution < -0.4 is 14.2 Å². The molecule has 0 aliphatic carbocycles. The Hall–Kier alpha value is -3.28. The second-order valence-electron chi connectivity index (χ2n) is 5.43. The number of ether oxygens (including phenoxy) is 4. The minimum absolute atomic E-state index is 0.181. The predicted molar refractivity (Wildman–Crippen MR) is 94.5 cm³/mol. The molecule has 0 N–H and O–H groups in total. The zero-order chi connectivity index (χ0) is 18.5. The van der Waals surface area contributed by atoms with E-state index < -0.39 is 5.97 Å².